The van der Waals surface area contributed by atoms with Gasteiger partial charge in [0.05, 0.1) is 13.2 Å². The van der Waals surface area contributed by atoms with Crippen LogP contribution in [0.2, 0.25) is 0 Å². The van der Waals surface area contributed by atoms with Crippen LogP contribution in [0.4, 0.5) is 0 Å². The number of allylic oxidation sites excluding steroid dienone is 2. The molecule has 10 heteroatoms. The molecular formula is C21H22FeO9. The summed E-state index contributed by atoms with van der Waals surface area (Å²) in [4.78, 5) is 23.1. The summed E-state index contributed by atoms with van der Waals surface area (Å²) in [6.45, 7) is 13.5. The van der Waals surface area contributed by atoms with E-state index in [9.17, 15) is 14.7 Å². The first-order chi connectivity index (χ1) is 14.5. The zero-order valence-corrected chi connectivity index (χ0v) is 18.2. The van der Waals surface area contributed by atoms with Gasteiger partial charge in [-0.2, -0.15) is 0 Å². The van der Waals surface area contributed by atoms with Crippen molar-refractivity contribution in [1.82, 2.24) is 0 Å². The number of benzene rings is 1. The Bertz CT molecular complexity index is 718. The van der Waals surface area contributed by atoms with E-state index in [-0.39, 0.29) is 29.3 Å². The Morgan fingerprint density at radius 3 is 2.06 bits per heavy atom. The molecule has 0 saturated heterocycles. The minimum atomic E-state index is -0.955. The summed E-state index contributed by atoms with van der Waals surface area (Å²) in [5, 5.41) is 9.87. The Kier molecular flexibility index (Phi) is 29.5. The van der Waals surface area contributed by atoms with Crippen molar-refractivity contribution in [2.45, 2.75) is 18.8 Å². The standard InChI is InChI=1S/C18H22O6.3CO.Fe/c1-22-17(21)10-5-4-9-15(19)12-16(20)13-7-6-8-14(11-13)18(23-2)24-3;3*1-2;/h4-11,15,18-19H,12H2,1-3H3;;;;/b9-4+,10-5+;;;;. The van der Waals surface area contributed by atoms with Crippen LogP contribution in [-0.4, -0.2) is 44.3 Å². The molecule has 1 aromatic rings. The summed E-state index contributed by atoms with van der Waals surface area (Å²) in [5.41, 5.74) is 1.18. The second-order valence-electron chi connectivity index (χ2n) is 4.89. The van der Waals surface area contributed by atoms with E-state index in [4.69, 9.17) is 23.4 Å². The van der Waals surface area contributed by atoms with Crippen molar-refractivity contribution in [3.63, 3.8) is 0 Å². The van der Waals surface area contributed by atoms with Gasteiger partial charge in [0, 0.05) is 54.9 Å². The minimum absolute atomic E-state index is 0. The van der Waals surface area contributed by atoms with Crippen molar-refractivity contribution in [1.29, 1.82) is 0 Å². The molecule has 1 rings (SSSR count). The molecule has 31 heavy (non-hydrogen) atoms. The number of hydrogen-bond donors (Lipinski definition) is 1. The molecule has 0 saturated carbocycles. The van der Waals surface area contributed by atoms with Crippen LogP contribution < -0.4 is 0 Å². The normalized spacial score (nSPS) is 10.2. The quantitative estimate of drug-likeness (QED) is 0.0849. The molecule has 0 spiro atoms. The SMILES string of the molecule is COC(=O)/C=C/C=C/C(O)CC(=O)c1cccc(C(OC)OC)c1.[C-]#[O+].[C-]#[O+].[C-]#[O+].[Fe]. The predicted molar refractivity (Wildman–Crippen MR) is 100 cm³/mol. The van der Waals surface area contributed by atoms with E-state index in [1.807, 2.05) is 0 Å². The van der Waals surface area contributed by atoms with Crippen LogP contribution in [0.15, 0.2) is 48.6 Å². The van der Waals surface area contributed by atoms with Crippen molar-refractivity contribution >= 4 is 11.8 Å². The summed E-state index contributed by atoms with van der Waals surface area (Å²) >= 11 is 0. The minimum Gasteiger partial charge on any atom is 0 e. The number of Topliss-reactive ketones (excluding diaryl/α,β-unsaturated/α-hetero) is 1. The number of esters is 1. The van der Waals surface area contributed by atoms with Gasteiger partial charge < -0.3 is 19.3 Å². The summed E-state index contributed by atoms with van der Waals surface area (Å²) in [5.74, 6) is -0.704. The van der Waals surface area contributed by atoms with Crippen molar-refractivity contribution in [3.05, 3.63) is 79.6 Å². The molecule has 1 unspecified atom stereocenters. The topological polar surface area (TPSA) is 142 Å². The Labute approximate surface area is 191 Å². The Morgan fingerprint density at radius 1 is 1.03 bits per heavy atom. The van der Waals surface area contributed by atoms with E-state index in [0.717, 1.165) is 5.56 Å². The van der Waals surface area contributed by atoms with Gasteiger partial charge in [0.25, 0.3) is 0 Å². The second kappa shape index (κ2) is 25.5. The van der Waals surface area contributed by atoms with E-state index in [0.29, 0.717) is 5.56 Å². The van der Waals surface area contributed by atoms with E-state index < -0.39 is 18.4 Å². The molecule has 0 aliphatic rings. The largest absolute Gasteiger partial charge is 0 e. The molecule has 1 aromatic carbocycles. The first-order valence-electron chi connectivity index (χ1n) is 7.92. The molecular weight excluding hydrogens is 452 g/mol. The van der Waals surface area contributed by atoms with Crippen molar-refractivity contribution in [2.75, 3.05) is 21.3 Å². The fourth-order valence-electron chi connectivity index (χ4n) is 2.00. The molecule has 9 nitrogen and oxygen atoms in total. The molecule has 1 N–H and O–H groups in total. The van der Waals surface area contributed by atoms with E-state index >= 15 is 0 Å². The molecule has 0 aliphatic heterocycles. The second-order valence-corrected chi connectivity index (χ2v) is 4.89. The number of carbonyl (C=O) groups is 2. The first-order valence-corrected chi connectivity index (χ1v) is 7.92. The number of aliphatic hydroxyl groups excluding tert-OH is 1. The van der Waals surface area contributed by atoms with Gasteiger partial charge in [-0.1, -0.05) is 36.4 Å². The van der Waals surface area contributed by atoms with Gasteiger partial charge in [-0.05, 0) is 6.07 Å². The van der Waals surface area contributed by atoms with Gasteiger partial charge in [-0.3, -0.25) is 4.79 Å². The average Bonchev–Trinajstić information content (AvgIpc) is 2.81. The predicted octanol–water partition coefficient (Wildman–Crippen LogP) is 2.08. The van der Waals surface area contributed by atoms with Gasteiger partial charge in [0.1, 0.15) is 0 Å². The maximum absolute atomic E-state index is 12.2. The van der Waals surface area contributed by atoms with E-state index in [1.165, 1.54) is 45.6 Å². The number of carbonyl (C=O) groups excluding carboxylic acids is 2. The molecule has 0 radical (unpaired) electrons. The van der Waals surface area contributed by atoms with Gasteiger partial charge >= 0.3 is 39.9 Å². The number of ether oxygens (including phenoxy) is 3. The van der Waals surface area contributed by atoms with Crippen molar-refractivity contribution in [2.24, 2.45) is 0 Å². The number of hydrogen-bond acceptors (Lipinski definition) is 6. The zero-order valence-electron chi connectivity index (χ0n) is 17.0. The summed E-state index contributed by atoms with van der Waals surface area (Å²) in [6, 6.07) is 6.87. The van der Waals surface area contributed by atoms with Crippen LogP contribution in [0, 0.1) is 20.0 Å². The van der Waals surface area contributed by atoms with Gasteiger partial charge in [-0.15, -0.1) is 0 Å². The molecule has 0 heterocycles. The smallest absolute Gasteiger partial charge is 0 e. The van der Waals surface area contributed by atoms with Gasteiger partial charge in [0.15, 0.2) is 12.1 Å². The fraction of sp³-hybridized carbons (Fsp3) is 0.286. The molecule has 0 fully saturated rings. The Hall–Kier alpha value is -2.54. The van der Waals surface area contributed by atoms with Crippen LogP contribution in [0.1, 0.15) is 28.6 Å². The molecule has 0 aromatic heterocycles. The van der Waals surface area contributed by atoms with E-state index in [1.54, 1.807) is 24.3 Å². The molecule has 0 aliphatic carbocycles. The summed E-state index contributed by atoms with van der Waals surface area (Å²) in [6.07, 6.45) is 3.98. The average molecular weight is 474 g/mol. The summed E-state index contributed by atoms with van der Waals surface area (Å²) < 4.78 is 37.2. The van der Waals surface area contributed by atoms with Crippen LogP contribution in [0.5, 0.6) is 0 Å². The van der Waals surface area contributed by atoms with Gasteiger partial charge in [-0.25, -0.2) is 4.79 Å². The zero-order chi connectivity index (χ0) is 23.9. The number of aliphatic hydroxyl groups is 1. The third-order valence-electron chi connectivity index (χ3n) is 3.18. The van der Waals surface area contributed by atoms with Crippen molar-refractivity contribution in [3.8, 4) is 0 Å². The summed E-state index contributed by atoms with van der Waals surface area (Å²) in [7, 11) is 4.30. The number of methoxy groups -OCH3 is 3. The third kappa shape index (κ3) is 16.9. The first kappa shape index (κ1) is 35.9. The Morgan fingerprint density at radius 2 is 1.58 bits per heavy atom. The van der Waals surface area contributed by atoms with Crippen LogP contribution in [0.25, 0.3) is 0 Å². The van der Waals surface area contributed by atoms with E-state index in [2.05, 4.69) is 24.7 Å². The molecule has 168 valence electrons. The number of rotatable bonds is 9. The number of ketones is 1. The molecule has 1 atom stereocenters. The third-order valence-corrected chi connectivity index (χ3v) is 3.18. The van der Waals surface area contributed by atoms with Crippen LogP contribution >= 0.6 is 0 Å². The molecule has 0 amide bonds. The Balaban J connectivity index is -0.000000477. The van der Waals surface area contributed by atoms with Gasteiger partial charge in [0.2, 0.25) is 0 Å². The fourth-order valence-corrected chi connectivity index (χ4v) is 2.00. The monoisotopic (exact) mass is 474 g/mol. The maximum atomic E-state index is 12.2. The van der Waals surface area contributed by atoms with Crippen LogP contribution in [0.3, 0.4) is 0 Å². The maximum Gasteiger partial charge on any atom is 0 e. The van der Waals surface area contributed by atoms with Crippen LogP contribution in [-0.2, 0) is 50.0 Å². The molecule has 0 bridgehead atoms. The van der Waals surface area contributed by atoms with Crippen molar-refractivity contribution < 1.29 is 59.9 Å².